The second kappa shape index (κ2) is 5.60. The Labute approximate surface area is 144 Å². The van der Waals surface area contributed by atoms with Crippen LogP contribution in [0.3, 0.4) is 0 Å². The van der Waals surface area contributed by atoms with Crippen molar-refractivity contribution in [3.63, 3.8) is 0 Å². The fourth-order valence-corrected chi connectivity index (χ4v) is 3.40. The number of Topliss-reactive ketones (excluding diaryl/α,β-unsaturated/α-hetero) is 1. The number of rotatable bonds is 4. The molecule has 0 spiro atoms. The highest BCUT2D eigenvalue weighted by atomic mass is 16.7. The third-order valence-electron chi connectivity index (χ3n) is 4.67. The molecule has 0 bridgehead atoms. The minimum atomic E-state index is -1.85. The zero-order valence-corrected chi connectivity index (χ0v) is 13.7. The summed E-state index contributed by atoms with van der Waals surface area (Å²) in [4.78, 5) is 27.0. The molecule has 2 heterocycles. The average molecular weight is 339 g/mol. The number of likely N-dealkylation sites (N-methyl/N-ethyl adjacent to an activating group) is 1. The normalized spacial score (nSPS) is 20.7. The van der Waals surface area contributed by atoms with Crippen molar-refractivity contribution < 1.29 is 24.2 Å². The fourth-order valence-electron chi connectivity index (χ4n) is 3.40. The molecule has 0 unspecified atom stereocenters. The number of carbonyl (C=O) groups is 2. The Morgan fingerprint density at radius 3 is 2.76 bits per heavy atom. The van der Waals surface area contributed by atoms with Crippen LogP contribution < -0.4 is 14.4 Å². The van der Waals surface area contributed by atoms with E-state index in [4.69, 9.17) is 9.47 Å². The van der Waals surface area contributed by atoms with Crippen molar-refractivity contribution in [2.75, 3.05) is 18.2 Å². The minimum absolute atomic E-state index is 0.119. The van der Waals surface area contributed by atoms with Crippen molar-refractivity contribution in [2.45, 2.75) is 18.9 Å². The van der Waals surface area contributed by atoms with Gasteiger partial charge in [0, 0.05) is 17.7 Å². The molecule has 2 aliphatic heterocycles. The molecule has 0 aliphatic carbocycles. The van der Waals surface area contributed by atoms with Gasteiger partial charge in [-0.25, -0.2) is 0 Å². The minimum Gasteiger partial charge on any atom is -0.454 e. The standard InChI is InChI=1S/C19H17NO5/c1-2-20-14-6-4-3-5-13(14)19(23,18(20)22)10-15(21)12-7-8-16-17(9-12)25-11-24-16/h3-9,23H,2,10-11H2,1H3/t19-/m1/s1. The number of nitrogens with zero attached hydrogens (tertiary/aromatic N) is 1. The van der Waals surface area contributed by atoms with Gasteiger partial charge in [0.15, 0.2) is 22.9 Å². The van der Waals surface area contributed by atoms with Gasteiger partial charge in [0.05, 0.1) is 12.1 Å². The van der Waals surface area contributed by atoms with Crippen LogP contribution in [0.25, 0.3) is 0 Å². The topological polar surface area (TPSA) is 76.1 Å². The lowest BCUT2D eigenvalue weighted by atomic mass is 9.88. The number of fused-ring (bicyclic) bond motifs is 2. The van der Waals surface area contributed by atoms with Crippen LogP contribution >= 0.6 is 0 Å². The number of amides is 1. The maximum Gasteiger partial charge on any atom is 0.264 e. The SMILES string of the molecule is CCN1C(=O)[C@@](O)(CC(=O)c2ccc3c(c2)OCO3)c2ccccc21. The van der Waals surface area contributed by atoms with Gasteiger partial charge in [-0.2, -0.15) is 0 Å². The first-order valence-electron chi connectivity index (χ1n) is 8.11. The highest BCUT2D eigenvalue weighted by Gasteiger charge is 2.50. The maximum absolute atomic E-state index is 12.7. The van der Waals surface area contributed by atoms with Crippen LogP contribution in [0.4, 0.5) is 5.69 Å². The van der Waals surface area contributed by atoms with E-state index < -0.39 is 11.5 Å². The van der Waals surface area contributed by atoms with E-state index in [0.29, 0.717) is 34.9 Å². The number of aliphatic hydroxyl groups is 1. The van der Waals surface area contributed by atoms with Gasteiger partial charge in [-0.1, -0.05) is 18.2 Å². The zero-order valence-electron chi connectivity index (χ0n) is 13.7. The second-order valence-corrected chi connectivity index (χ2v) is 6.09. The lowest BCUT2D eigenvalue weighted by Gasteiger charge is -2.22. The number of anilines is 1. The third-order valence-corrected chi connectivity index (χ3v) is 4.67. The Kier molecular flexibility index (Phi) is 3.51. The van der Waals surface area contributed by atoms with Crippen LogP contribution in [-0.4, -0.2) is 30.1 Å². The third kappa shape index (κ3) is 2.29. The number of hydrogen-bond acceptors (Lipinski definition) is 5. The van der Waals surface area contributed by atoms with E-state index in [-0.39, 0.29) is 19.0 Å². The molecule has 0 fully saturated rings. The van der Waals surface area contributed by atoms with E-state index in [9.17, 15) is 14.7 Å². The maximum atomic E-state index is 12.7. The van der Waals surface area contributed by atoms with Crippen LogP contribution in [0.5, 0.6) is 11.5 Å². The van der Waals surface area contributed by atoms with Crippen molar-refractivity contribution in [3.8, 4) is 11.5 Å². The molecule has 0 radical (unpaired) electrons. The highest BCUT2D eigenvalue weighted by Crippen LogP contribution is 2.43. The zero-order chi connectivity index (χ0) is 17.6. The number of hydrogen-bond donors (Lipinski definition) is 1. The van der Waals surface area contributed by atoms with Gasteiger partial charge in [0.2, 0.25) is 6.79 Å². The summed E-state index contributed by atoms with van der Waals surface area (Å²) >= 11 is 0. The van der Waals surface area contributed by atoms with Crippen LogP contribution in [0.2, 0.25) is 0 Å². The summed E-state index contributed by atoms with van der Waals surface area (Å²) in [7, 11) is 0. The van der Waals surface area contributed by atoms with Crippen LogP contribution in [0.15, 0.2) is 42.5 Å². The first kappa shape index (κ1) is 15.7. The summed E-state index contributed by atoms with van der Waals surface area (Å²) in [5.74, 6) is 0.271. The summed E-state index contributed by atoms with van der Waals surface area (Å²) in [5, 5.41) is 11.1. The van der Waals surface area contributed by atoms with Crippen LogP contribution in [0, 0.1) is 0 Å². The lowest BCUT2D eigenvalue weighted by Crippen LogP contribution is -2.41. The van der Waals surface area contributed by atoms with Crippen LogP contribution in [0.1, 0.15) is 29.3 Å². The Balaban J connectivity index is 1.67. The lowest BCUT2D eigenvalue weighted by molar-refractivity contribution is -0.135. The smallest absolute Gasteiger partial charge is 0.264 e. The van der Waals surface area contributed by atoms with Gasteiger partial charge >= 0.3 is 0 Å². The first-order valence-corrected chi connectivity index (χ1v) is 8.11. The number of carbonyl (C=O) groups excluding carboxylic acids is 2. The van der Waals surface area contributed by atoms with Gasteiger partial charge in [-0.05, 0) is 31.2 Å². The second-order valence-electron chi connectivity index (χ2n) is 6.09. The molecule has 1 atom stereocenters. The van der Waals surface area contributed by atoms with Crippen molar-refractivity contribution in [2.24, 2.45) is 0 Å². The van der Waals surface area contributed by atoms with E-state index in [0.717, 1.165) is 0 Å². The molecule has 0 aromatic heterocycles. The van der Waals surface area contributed by atoms with Crippen molar-refractivity contribution >= 4 is 17.4 Å². The summed E-state index contributed by atoms with van der Waals surface area (Å²) in [6.07, 6.45) is -0.320. The van der Waals surface area contributed by atoms with Gasteiger partial charge in [0.25, 0.3) is 5.91 Å². The van der Waals surface area contributed by atoms with Crippen LogP contribution in [-0.2, 0) is 10.4 Å². The Morgan fingerprint density at radius 2 is 1.96 bits per heavy atom. The molecule has 0 saturated heterocycles. The largest absolute Gasteiger partial charge is 0.454 e. The average Bonchev–Trinajstić information content (AvgIpc) is 3.17. The van der Waals surface area contributed by atoms with E-state index in [1.807, 2.05) is 6.92 Å². The molecule has 25 heavy (non-hydrogen) atoms. The quantitative estimate of drug-likeness (QED) is 0.865. The molecular formula is C19H17NO5. The molecule has 0 saturated carbocycles. The molecule has 2 aromatic carbocycles. The summed E-state index contributed by atoms with van der Waals surface area (Å²) in [6, 6.07) is 11.9. The number of para-hydroxylation sites is 1. The van der Waals surface area contributed by atoms with Gasteiger partial charge in [0.1, 0.15) is 0 Å². The van der Waals surface area contributed by atoms with Crippen molar-refractivity contribution in [1.82, 2.24) is 0 Å². The van der Waals surface area contributed by atoms with Crippen molar-refractivity contribution in [1.29, 1.82) is 0 Å². The van der Waals surface area contributed by atoms with Gasteiger partial charge in [-0.3, -0.25) is 9.59 Å². The summed E-state index contributed by atoms with van der Waals surface area (Å²) < 4.78 is 10.5. The first-order chi connectivity index (χ1) is 12.0. The van der Waals surface area contributed by atoms with E-state index in [2.05, 4.69) is 0 Å². The summed E-state index contributed by atoms with van der Waals surface area (Å²) in [5.41, 5.74) is -0.357. The molecule has 1 amide bonds. The van der Waals surface area contributed by atoms with Gasteiger partial charge in [-0.15, -0.1) is 0 Å². The number of ether oxygens (including phenoxy) is 2. The Bertz CT molecular complexity index is 878. The monoisotopic (exact) mass is 339 g/mol. The molecule has 2 aromatic rings. The van der Waals surface area contributed by atoms with E-state index in [1.54, 1.807) is 42.5 Å². The number of benzene rings is 2. The van der Waals surface area contributed by atoms with Gasteiger partial charge < -0.3 is 19.5 Å². The van der Waals surface area contributed by atoms with E-state index >= 15 is 0 Å². The Morgan fingerprint density at radius 1 is 1.20 bits per heavy atom. The predicted octanol–water partition coefficient (Wildman–Crippen LogP) is 2.24. The highest BCUT2D eigenvalue weighted by molar-refractivity contribution is 6.10. The fraction of sp³-hybridized carbons (Fsp3) is 0.263. The predicted molar refractivity (Wildman–Crippen MR) is 89.9 cm³/mol. The molecule has 1 N–H and O–H groups in total. The van der Waals surface area contributed by atoms with E-state index in [1.165, 1.54) is 4.90 Å². The molecule has 128 valence electrons. The Hall–Kier alpha value is -2.86. The molecule has 6 heteroatoms. The molecule has 2 aliphatic rings. The molecular weight excluding hydrogens is 322 g/mol. The molecule has 6 nitrogen and oxygen atoms in total. The molecule has 4 rings (SSSR count). The number of ketones is 1. The summed E-state index contributed by atoms with van der Waals surface area (Å²) in [6.45, 7) is 2.38. The van der Waals surface area contributed by atoms with Crippen molar-refractivity contribution in [3.05, 3.63) is 53.6 Å².